The SMILES string of the molecule is CC(C)(C)C(O)c1cccc(C#N)n1. The molecule has 0 aliphatic heterocycles. The second-order valence-corrected chi connectivity index (χ2v) is 4.33. The molecule has 1 heterocycles. The first-order chi connectivity index (χ1) is 6.45. The van der Waals surface area contributed by atoms with Gasteiger partial charge in [-0.25, -0.2) is 4.98 Å². The number of aliphatic hydroxyl groups is 1. The lowest BCUT2D eigenvalue weighted by Gasteiger charge is -2.25. The Bertz CT molecular complexity index is 360. The summed E-state index contributed by atoms with van der Waals surface area (Å²) in [5, 5.41) is 18.6. The Kier molecular flexibility index (Phi) is 2.87. The average molecular weight is 190 g/mol. The lowest BCUT2D eigenvalue weighted by atomic mass is 9.87. The van der Waals surface area contributed by atoms with Crippen molar-refractivity contribution in [2.24, 2.45) is 5.41 Å². The van der Waals surface area contributed by atoms with Crippen LogP contribution in [0, 0.1) is 16.7 Å². The van der Waals surface area contributed by atoms with E-state index in [1.165, 1.54) is 0 Å². The van der Waals surface area contributed by atoms with E-state index in [-0.39, 0.29) is 5.41 Å². The van der Waals surface area contributed by atoms with Gasteiger partial charge in [0.05, 0.1) is 5.69 Å². The average Bonchev–Trinajstić information content (AvgIpc) is 2.15. The molecule has 0 aliphatic rings. The minimum Gasteiger partial charge on any atom is -0.386 e. The molecule has 0 fully saturated rings. The fraction of sp³-hybridized carbons (Fsp3) is 0.455. The van der Waals surface area contributed by atoms with Crippen LogP contribution in [-0.2, 0) is 0 Å². The lowest BCUT2D eigenvalue weighted by Crippen LogP contribution is -2.19. The third kappa shape index (κ3) is 2.30. The Morgan fingerprint density at radius 2 is 2.07 bits per heavy atom. The predicted molar refractivity (Wildman–Crippen MR) is 53.4 cm³/mol. The van der Waals surface area contributed by atoms with Crippen LogP contribution in [0.15, 0.2) is 18.2 Å². The van der Waals surface area contributed by atoms with Gasteiger partial charge in [0.1, 0.15) is 17.9 Å². The normalized spacial score (nSPS) is 13.4. The largest absolute Gasteiger partial charge is 0.386 e. The van der Waals surface area contributed by atoms with E-state index < -0.39 is 6.10 Å². The van der Waals surface area contributed by atoms with E-state index in [9.17, 15) is 5.11 Å². The molecule has 3 nitrogen and oxygen atoms in total. The summed E-state index contributed by atoms with van der Waals surface area (Å²) in [4.78, 5) is 4.05. The Balaban J connectivity index is 3.03. The van der Waals surface area contributed by atoms with E-state index in [0.717, 1.165) is 0 Å². The summed E-state index contributed by atoms with van der Waals surface area (Å²) >= 11 is 0. The molecular weight excluding hydrogens is 176 g/mol. The van der Waals surface area contributed by atoms with Crippen molar-refractivity contribution in [3.8, 4) is 6.07 Å². The van der Waals surface area contributed by atoms with Gasteiger partial charge < -0.3 is 5.11 Å². The van der Waals surface area contributed by atoms with Crippen molar-refractivity contribution in [3.05, 3.63) is 29.6 Å². The van der Waals surface area contributed by atoms with Crippen LogP contribution in [0.3, 0.4) is 0 Å². The fourth-order valence-electron chi connectivity index (χ4n) is 1.11. The Morgan fingerprint density at radius 3 is 2.57 bits per heavy atom. The zero-order chi connectivity index (χ0) is 10.8. The van der Waals surface area contributed by atoms with Crippen LogP contribution in [0.1, 0.15) is 38.3 Å². The highest BCUT2D eigenvalue weighted by molar-refractivity contribution is 5.23. The summed E-state index contributed by atoms with van der Waals surface area (Å²) in [5.74, 6) is 0. The first kappa shape index (κ1) is 10.7. The second kappa shape index (κ2) is 3.77. The summed E-state index contributed by atoms with van der Waals surface area (Å²) in [6.45, 7) is 5.79. The first-order valence-electron chi connectivity index (χ1n) is 4.50. The minimum atomic E-state index is -0.643. The third-order valence-corrected chi connectivity index (χ3v) is 1.99. The highest BCUT2D eigenvalue weighted by atomic mass is 16.3. The molecule has 1 aromatic heterocycles. The van der Waals surface area contributed by atoms with E-state index in [0.29, 0.717) is 11.4 Å². The highest BCUT2D eigenvalue weighted by Crippen LogP contribution is 2.31. The molecule has 1 unspecified atom stereocenters. The van der Waals surface area contributed by atoms with Crippen molar-refractivity contribution in [2.75, 3.05) is 0 Å². The van der Waals surface area contributed by atoms with Crippen molar-refractivity contribution in [2.45, 2.75) is 26.9 Å². The van der Waals surface area contributed by atoms with E-state index in [4.69, 9.17) is 5.26 Å². The molecule has 0 amide bonds. The number of hydrogen-bond acceptors (Lipinski definition) is 3. The molecule has 0 bridgehead atoms. The van der Waals surface area contributed by atoms with E-state index in [1.807, 2.05) is 26.8 Å². The summed E-state index contributed by atoms with van der Waals surface area (Å²) < 4.78 is 0. The second-order valence-electron chi connectivity index (χ2n) is 4.33. The zero-order valence-corrected chi connectivity index (χ0v) is 8.65. The zero-order valence-electron chi connectivity index (χ0n) is 8.65. The van der Waals surface area contributed by atoms with Crippen molar-refractivity contribution in [1.29, 1.82) is 5.26 Å². The van der Waals surface area contributed by atoms with Gasteiger partial charge in [0, 0.05) is 0 Å². The molecule has 1 N–H and O–H groups in total. The number of pyridine rings is 1. The molecule has 1 rings (SSSR count). The van der Waals surface area contributed by atoms with Crippen molar-refractivity contribution < 1.29 is 5.11 Å². The Labute approximate surface area is 84.0 Å². The summed E-state index contributed by atoms with van der Waals surface area (Å²) in [6, 6.07) is 7.04. The summed E-state index contributed by atoms with van der Waals surface area (Å²) in [6.07, 6.45) is -0.643. The Hall–Kier alpha value is -1.40. The lowest BCUT2D eigenvalue weighted by molar-refractivity contribution is 0.0589. The van der Waals surface area contributed by atoms with Crippen LogP contribution in [0.4, 0.5) is 0 Å². The number of aromatic nitrogens is 1. The van der Waals surface area contributed by atoms with Crippen LogP contribution < -0.4 is 0 Å². The Morgan fingerprint density at radius 1 is 1.43 bits per heavy atom. The van der Waals surface area contributed by atoms with Gasteiger partial charge in [0.25, 0.3) is 0 Å². The molecule has 0 saturated carbocycles. The molecule has 3 heteroatoms. The summed E-state index contributed by atoms with van der Waals surface area (Å²) in [7, 11) is 0. The monoisotopic (exact) mass is 190 g/mol. The van der Waals surface area contributed by atoms with Gasteiger partial charge in [-0.2, -0.15) is 5.26 Å². The molecular formula is C11H14N2O. The molecule has 0 aromatic carbocycles. The van der Waals surface area contributed by atoms with Crippen LogP contribution in [0.25, 0.3) is 0 Å². The fourth-order valence-corrected chi connectivity index (χ4v) is 1.11. The molecule has 1 aromatic rings. The number of nitriles is 1. The van der Waals surface area contributed by atoms with Gasteiger partial charge in [-0.15, -0.1) is 0 Å². The molecule has 14 heavy (non-hydrogen) atoms. The van der Waals surface area contributed by atoms with Gasteiger partial charge in [-0.3, -0.25) is 0 Å². The van der Waals surface area contributed by atoms with Crippen molar-refractivity contribution >= 4 is 0 Å². The molecule has 0 spiro atoms. The van der Waals surface area contributed by atoms with Gasteiger partial charge in [-0.05, 0) is 17.5 Å². The highest BCUT2D eigenvalue weighted by Gasteiger charge is 2.24. The quantitative estimate of drug-likeness (QED) is 0.737. The maximum atomic E-state index is 9.91. The smallest absolute Gasteiger partial charge is 0.140 e. The summed E-state index contributed by atoms with van der Waals surface area (Å²) in [5.41, 5.74) is 0.628. The maximum Gasteiger partial charge on any atom is 0.140 e. The molecule has 0 aliphatic carbocycles. The minimum absolute atomic E-state index is 0.263. The molecule has 0 saturated heterocycles. The predicted octanol–water partition coefficient (Wildman–Crippen LogP) is 2.03. The van der Waals surface area contributed by atoms with E-state index in [1.54, 1.807) is 18.2 Å². The van der Waals surface area contributed by atoms with Gasteiger partial charge in [0.2, 0.25) is 0 Å². The molecule has 1 atom stereocenters. The van der Waals surface area contributed by atoms with Crippen LogP contribution in [0.5, 0.6) is 0 Å². The number of rotatable bonds is 1. The van der Waals surface area contributed by atoms with Crippen LogP contribution >= 0.6 is 0 Å². The van der Waals surface area contributed by atoms with Crippen LogP contribution in [0.2, 0.25) is 0 Å². The van der Waals surface area contributed by atoms with Crippen LogP contribution in [-0.4, -0.2) is 10.1 Å². The topological polar surface area (TPSA) is 56.9 Å². The molecule has 0 radical (unpaired) electrons. The third-order valence-electron chi connectivity index (χ3n) is 1.99. The van der Waals surface area contributed by atoms with Gasteiger partial charge in [0.15, 0.2) is 0 Å². The number of nitrogens with zero attached hydrogens (tertiary/aromatic N) is 2. The van der Waals surface area contributed by atoms with Gasteiger partial charge in [-0.1, -0.05) is 26.8 Å². The first-order valence-corrected chi connectivity index (χ1v) is 4.50. The number of aliphatic hydroxyl groups excluding tert-OH is 1. The number of hydrogen-bond donors (Lipinski definition) is 1. The molecule has 74 valence electrons. The van der Waals surface area contributed by atoms with Crippen molar-refractivity contribution in [1.82, 2.24) is 4.98 Å². The van der Waals surface area contributed by atoms with E-state index in [2.05, 4.69) is 4.98 Å². The maximum absolute atomic E-state index is 9.91. The van der Waals surface area contributed by atoms with Crippen molar-refractivity contribution in [3.63, 3.8) is 0 Å². The van der Waals surface area contributed by atoms with Gasteiger partial charge >= 0.3 is 0 Å². The van der Waals surface area contributed by atoms with E-state index >= 15 is 0 Å². The standard InChI is InChI=1S/C11H14N2O/c1-11(2,3)10(14)9-6-4-5-8(7-12)13-9/h4-6,10,14H,1-3H3.